The van der Waals surface area contributed by atoms with E-state index in [-0.39, 0.29) is 37.6 Å². The van der Waals surface area contributed by atoms with E-state index in [4.69, 9.17) is 18.9 Å². The second kappa shape index (κ2) is 11.8. The molecule has 8 nitrogen and oxygen atoms in total. The van der Waals surface area contributed by atoms with Crippen LogP contribution in [0.4, 0.5) is 0 Å². The van der Waals surface area contributed by atoms with Gasteiger partial charge in [-0.1, -0.05) is 13.2 Å². The number of esters is 2. The molecule has 0 fully saturated rings. The number of carbonyl (C=O) groups is 2. The summed E-state index contributed by atoms with van der Waals surface area (Å²) in [5, 5.41) is 19.5. The molecule has 154 valence electrons. The van der Waals surface area contributed by atoms with Crippen LogP contribution in [0.2, 0.25) is 0 Å². The molecular weight excluding hydrogens is 368 g/mol. The Morgan fingerprint density at radius 3 is 1.39 bits per heavy atom. The summed E-state index contributed by atoms with van der Waals surface area (Å²) in [7, 11) is 0. The van der Waals surface area contributed by atoms with E-state index >= 15 is 0 Å². The van der Waals surface area contributed by atoms with Gasteiger partial charge in [0.05, 0.1) is 0 Å². The topological polar surface area (TPSA) is 112 Å². The van der Waals surface area contributed by atoms with Gasteiger partial charge in [0.2, 0.25) is 0 Å². The summed E-state index contributed by atoms with van der Waals surface area (Å²) in [5.74, 6) is -0.184. The van der Waals surface area contributed by atoms with Crippen LogP contribution >= 0.6 is 0 Å². The second-order valence-corrected chi connectivity index (χ2v) is 6.16. The molecule has 0 spiro atoms. The number of rotatable bonds is 12. The number of aliphatic hydroxyl groups excluding tert-OH is 2. The first kappa shape index (κ1) is 23.2. The van der Waals surface area contributed by atoms with E-state index < -0.39 is 24.1 Å². The van der Waals surface area contributed by atoms with Crippen LogP contribution in [0.5, 0.6) is 11.5 Å². The van der Waals surface area contributed by atoms with Crippen molar-refractivity contribution < 1.29 is 38.7 Å². The van der Waals surface area contributed by atoms with Crippen LogP contribution in [0.1, 0.15) is 13.8 Å². The number of ether oxygens (including phenoxy) is 4. The maximum Gasteiger partial charge on any atom is 0.333 e. The van der Waals surface area contributed by atoms with Crippen molar-refractivity contribution >= 4 is 11.9 Å². The van der Waals surface area contributed by atoms with Crippen LogP contribution in [-0.4, -0.2) is 60.8 Å². The van der Waals surface area contributed by atoms with Crippen LogP contribution in [0.15, 0.2) is 48.6 Å². The number of carbonyl (C=O) groups excluding carboxylic acids is 2. The van der Waals surface area contributed by atoms with Gasteiger partial charge in [0.15, 0.2) is 0 Å². The summed E-state index contributed by atoms with van der Waals surface area (Å²) < 4.78 is 20.4. The Balaban J connectivity index is 2.31. The van der Waals surface area contributed by atoms with E-state index in [0.717, 1.165) is 0 Å². The molecule has 0 saturated carbocycles. The van der Waals surface area contributed by atoms with Gasteiger partial charge >= 0.3 is 11.9 Å². The van der Waals surface area contributed by atoms with Gasteiger partial charge in [-0.15, -0.1) is 0 Å². The smallest absolute Gasteiger partial charge is 0.333 e. The third-order valence-corrected chi connectivity index (χ3v) is 3.22. The first-order valence-corrected chi connectivity index (χ1v) is 8.56. The highest BCUT2D eigenvalue weighted by Gasteiger charge is 2.12. The highest BCUT2D eigenvalue weighted by Crippen LogP contribution is 2.18. The molecule has 0 heterocycles. The van der Waals surface area contributed by atoms with Crippen molar-refractivity contribution in [3.8, 4) is 11.5 Å². The fourth-order valence-corrected chi connectivity index (χ4v) is 1.70. The van der Waals surface area contributed by atoms with Gasteiger partial charge < -0.3 is 29.2 Å². The van der Waals surface area contributed by atoms with Crippen LogP contribution in [-0.2, 0) is 19.1 Å². The van der Waals surface area contributed by atoms with Gasteiger partial charge in [0.1, 0.15) is 50.1 Å². The highest BCUT2D eigenvalue weighted by atomic mass is 16.6. The maximum atomic E-state index is 11.2. The van der Waals surface area contributed by atoms with Crippen molar-refractivity contribution in [3.63, 3.8) is 0 Å². The predicted molar refractivity (Wildman–Crippen MR) is 101 cm³/mol. The second-order valence-electron chi connectivity index (χ2n) is 6.16. The minimum atomic E-state index is -0.976. The normalized spacial score (nSPS) is 12.4. The van der Waals surface area contributed by atoms with Crippen LogP contribution < -0.4 is 9.47 Å². The van der Waals surface area contributed by atoms with E-state index in [2.05, 4.69) is 13.2 Å². The van der Waals surface area contributed by atoms with Crippen molar-refractivity contribution in [2.75, 3.05) is 26.4 Å². The van der Waals surface area contributed by atoms with E-state index in [1.54, 1.807) is 24.3 Å². The third kappa shape index (κ3) is 9.20. The molecule has 0 saturated heterocycles. The van der Waals surface area contributed by atoms with Crippen LogP contribution in [0.3, 0.4) is 0 Å². The number of hydrogen-bond donors (Lipinski definition) is 2. The van der Waals surface area contributed by atoms with Gasteiger partial charge in [0.25, 0.3) is 0 Å². The zero-order valence-electron chi connectivity index (χ0n) is 16.1. The standard InChI is InChI=1S/C20H26O8/c1-13(2)19(23)27-11-15(21)9-25-17-5-7-18(8-6-17)26-10-16(22)12-28-20(24)14(3)4/h5-8,15-16,21-22H,1,3,9-12H2,2,4H3. The number of aliphatic hydroxyl groups is 2. The summed E-state index contributed by atoms with van der Waals surface area (Å²) in [5.41, 5.74) is 0.505. The molecule has 2 atom stereocenters. The van der Waals surface area contributed by atoms with Crippen molar-refractivity contribution in [1.82, 2.24) is 0 Å². The lowest BCUT2D eigenvalue weighted by atomic mass is 10.3. The monoisotopic (exact) mass is 394 g/mol. The molecular formula is C20H26O8. The number of hydrogen-bond acceptors (Lipinski definition) is 8. The molecule has 0 aliphatic carbocycles. The summed E-state index contributed by atoms with van der Waals surface area (Å²) in [6.45, 7) is 9.42. The van der Waals surface area contributed by atoms with E-state index in [1.165, 1.54) is 13.8 Å². The average Bonchev–Trinajstić information content (AvgIpc) is 2.67. The van der Waals surface area contributed by atoms with Crippen molar-refractivity contribution in [3.05, 3.63) is 48.6 Å². The fraction of sp³-hybridized carbons (Fsp3) is 0.400. The minimum absolute atomic E-state index is 0.0591. The van der Waals surface area contributed by atoms with Crippen molar-refractivity contribution in [2.24, 2.45) is 0 Å². The number of benzene rings is 1. The third-order valence-electron chi connectivity index (χ3n) is 3.22. The van der Waals surface area contributed by atoms with Gasteiger partial charge in [-0.25, -0.2) is 9.59 Å². The van der Waals surface area contributed by atoms with Crippen molar-refractivity contribution in [2.45, 2.75) is 26.1 Å². The lowest BCUT2D eigenvalue weighted by Gasteiger charge is -2.14. The van der Waals surface area contributed by atoms with Gasteiger partial charge in [-0.3, -0.25) is 0 Å². The SMILES string of the molecule is C=C(C)C(=O)OCC(O)COc1ccc(OCC(O)COC(=O)C(=C)C)cc1. The van der Waals surface area contributed by atoms with Crippen LogP contribution in [0, 0.1) is 0 Å². The summed E-state index contributed by atoms with van der Waals surface area (Å²) in [6.07, 6.45) is -1.95. The Hall–Kier alpha value is -2.84. The van der Waals surface area contributed by atoms with Crippen LogP contribution in [0.25, 0.3) is 0 Å². The maximum absolute atomic E-state index is 11.2. The predicted octanol–water partition coefficient (Wildman–Crippen LogP) is 1.40. The first-order valence-electron chi connectivity index (χ1n) is 8.56. The zero-order valence-corrected chi connectivity index (χ0v) is 16.1. The molecule has 0 amide bonds. The Morgan fingerprint density at radius 1 is 0.786 bits per heavy atom. The highest BCUT2D eigenvalue weighted by molar-refractivity contribution is 5.87. The Bertz CT molecular complexity index is 621. The molecule has 8 heteroatoms. The minimum Gasteiger partial charge on any atom is -0.491 e. The molecule has 0 radical (unpaired) electrons. The Morgan fingerprint density at radius 2 is 1.11 bits per heavy atom. The fourth-order valence-electron chi connectivity index (χ4n) is 1.70. The van der Waals surface area contributed by atoms with Gasteiger partial charge in [0, 0.05) is 11.1 Å². The van der Waals surface area contributed by atoms with Gasteiger partial charge in [-0.2, -0.15) is 0 Å². The molecule has 1 aromatic carbocycles. The summed E-state index contributed by atoms with van der Waals surface area (Å²) in [6, 6.07) is 6.48. The lowest BCUT2D eigenvalue weighted by Crippen LogP contribution is -2.25. The van der Waals surface area contributed by atoms with E-state index in [0.29, 0.717) is 11.5 Å². The molecule has 2 N–H and O–H groups in total. The molecule has 1 aromatic rings. The molecule has 0 bridgehead atoms. The van der Waals surface area contributed by atoms with Crippen molar-refractivity contribution in [1.29, 1.82) is 0 Å². The molecule has 0 aliphatic rings. The Kier molecular flexibility index (Phi) is 9.76. The lowest BCUT2D eigenvalue weighted by molar-refractivity contribution is -0.143. The molecule has 1 rings (SSSR count). The largest absolute Gasteiger partial charge is 0.491 e. The first-order chi connectivity index (χ1) is 13.2. The van der Waals surface area contributed by atoms with E-state index in [1.807, 2.05) is 0 Å². The van der Waals surface area contributed by atoms with Gasteiger partial charge in [-0.05, 0) is 38.1 Å². The summed E-state index contributed by atoms with van der Waals surface area (Å²) >= 11 is 0. The molecule has 28 heavy (non-hydrogen) atoms. The molecule has 0 aromatic heterocycles. The average molecular weight is 394 g/mol. The summed E-state index contributed by atoms with van der Waals surface area (Å²) in [4.78, 5) is 22.5. The molecule has 0 aliphatic heterocycles. The Labute approximate surface area is 164 Å². The van der Waals surface area contributed by atoms with E-state index in [9.17, 15) is 19.8 Å². The zero-order chi connectivity index (χ0) is 21.1. The molecule has 2 unspecified atom stereocenters. The quantitative estimate of drug-likeness (QED) is 0.404.